The molecule has 2 aromatic carbocycles. The van der Waals surface area contributed by atoms with Crippen LogP contribution in [0, 0.1) is 0 Å². The molecule has 2 heterocycles. The van der Waals surface area contributed by atoms with Gasteiger partial charge in [-0.15, -0.1) is 0 Å². The van der Waals surface area contributed by atoms with Gasteiger partial charge in [-0.3, -0.25) is 4.79 Å². The third-order valence-corrected chi connectivity index (χ3v) is 4.70. The van der Waals surface area contributed by atoms with Gasteiger partial charge in [0, 0.05) is 5.56 Å². The van der Waals surface area contributed by atoms with Crippen LogP contribution in [0.5, 0.6) is 5.75 Å². The van der Waals surface area contributed by atoms with Gasteiger partial charge < -0.3 is 19.1 Å². The lowest BCUT2D eigenvalue weighted by atomic mass is 10.1. The third-order valence-electron chi connectivity index (χ3n) is 4.38. The minimum absolute atomic E-state index is 0.198. The highest BCUT2D eigenvalue weighted by molar-refractivity contribution is 6.32. The Bertz CT molecular complexity index is 788. The van der Waals surface area contributed by atoms with Gasteiger partial charge in [0.2, 0.25) is 0 Å². The van der Waals surface area contributed by atoms with Gasteiger partial charge in [0.1, 0.15) is 12.4 Å². The van der Waals surface area contributed by atoms with Crippen LogP contribution in [0.1, 0.15) is 12.0 Å². The van der Waals surface area contributed by atoms with Gasteiger partial charge in [-0.1, -0.05) is 41.9 Å². The number of carbonyl (C=O) groups excluding carboxylic acids is 1. The molecule has 1 saturated heterocycles. The van der Waals surface area contributed by atoms with E-state index in [0.717, 1.165) is 17.7 Å². The molecule has 6 heteroatoms. The second-order valence-corrected chi connectivity index (χ2v) is 6.33. The Morgan fingerprint density at radius 3 is 2.60 bits per heavy atom. The number of para-hydroxylation sites is 2. The van der Waals surface area contributed by atoms with Gasteiger partial charge >= 0.3 is 0 Å². The molecule has 0 aromatic heterocycles. The highest BCUT2D eigenvalue weighted by atomic mass is 35.5. The van der Waals surface area contributed by atoms with Gasteiger partial charge in [0.05, 0.1) is 30.5 Å². The second kappa shape index (κ2) is 6.67. The van der Waals surface area contributed by atoms with Crippen molar-refractivity contribution >= 4 is 23.2 Å². The smallest absolute Gasteiger partial charge is 0.292 e. The molecule has 4 rings (SSSR count). The fourth-order valence-electron chi connectivity index (χ4n) is 3.23. The van der Waals surface area contributed by atoms with Crippen LogP contribution in [0.3, 0.4) is 0 Å². The maximum absolute atomic E-state index is 13.0. The molecule has 130 valence electrons. The van der Waals surface area contributed by atoms with E-state index in [9.17, 15) is 4.79 Å². The van der Waals surface area contributed by atoms with Crippen LogP contribution in [-0.4, -0.2) is 32.3 Å². The van der Waals surface area contributed by atoms with Crippen molar-refractivity contribution in [2.24, 2.45) is 0 Å². The summed E-state index contributed by atoms with van der Waals surface area (Å²) < 4.78 is 17.3. The zero-order valence-electron chi connectivity index (χ0n) is 13.6. The van der Waals surface area contributed by atoms with Crippen molar-refractivity contribution in [2.45, 2.75) is 12.2 Å². The number of nitrogens with zero attached hydrogens (tertiary/aromatic N) is 1. The first kappa shape index (κ1) is 16.4. The van der Waals surface area contributed by atoms with E-state index in [-0.39, 0.29) is 5.91 Å². The number of fused-ring (bicyclic) bond motifs is 2. The van der Waals surface area contributed by atoms with E-state index in [1.54, 1.807) is 17.0 Å². The number of anilines is 1. The average molecular weight is 360 g/mol. The van der Waals surface area contributed by atoms with Crippen LogP contribution in [0.25, 0.3) is 0 Å². The van der Waals surface area contributed by atoms with Crippen molar-refractivity contribution in [3.8, 4) is 5.75 Å². The summed E-state index contributed by atoms with van der Waals surface area (Å²) >= 11 is 6.10. The SMILES string of the molecule is O=C1N(CCOc2ccccc2Cl)c2ccccc2C12OCCCO2. The Morgan fingerprint density at radius 1 is 1.08 bits per heavy atom. The van der Waals surface area contributed by atoms with Crippen LogP contribution in [0.15, 0.2) is 48.5 Å². The van der Waals surface area contributed by atoms with Crippen LogP contribution in [-0.2, 0) is 20.1 Å². The molecule has 0 saturated carbocycles. The van der Waals surface area contributed by atoms with Gasteiger partial charge in [0.25, 0.3) is 11.7 Å². The molecule has 2 aliphatic rings. The maximum Gasteiger partial charge on any atom is 0.292 e. The number of hydrogen-bond acceptors (Lipinski definition) is 4. The molecule has 0 aliphatic carbocycles. The molecule has 0 N–H and O–H groups in total. The summed E-state index contributed by atoms with van der Waals surface area (Å²) in [5, 5.41) is 0.547. The summed E-state index contributed by atoms with van der Waals surface area (Å²) in [4.78, 5) is 14.7. The molecule has 5 nitrogen and oxygen atoms in total. The first-order valence-electron chi connectivity index (χ1n) is 8.29. The first-order chi connectivity index (χ1) is 12.2. The van der Waals surface area contributed by atoms with E-state index in [1.165, 1.54) is 0 Å². The van der Waals surface area contributed by atoms with Gasteiger partial charge in [-0.05, 0) is 24.6 Å². The highest BCUT2D eigenvalue weighted by Crippen LogP contribution is 2.44. The Labute approximate surface area is 151 Å². The maximum atomic E-state index is 13.0. The molecule has 0 atom stereocenters. The summed E-state index contributed by atoms with van der Waals surface area (Å²) in [6.07, 6.45) is 0.785. The number of amides is 1. The van der Waals surface area contributed by atoms with Crippen LogP contribution in [0.4, 0.5) is 5.69 Å². The van der Waals surface area contributed by atoms with Gasteiger partial charge in [-0.25, -0.2) is 0 Å². The van der Waals surface area contributed by atoms with Crippen LogP contribution < -0.4 is 9.64 Å². The molecule has 0 unspecified atom stereocenters. The normalized spacial score (nSPS) is 18.4. The number of carbonyl (C=O) groups is 1. The number of hydrogen-bond donors (Lipinski definition) is 0. The monoisotopic (exact) mass is 359 g/mol. The quantitative estimate of drug-likeness (QED) is 0.840. The lowest BCUT2D eigenvalue weighted by Gasteiger charge is -2.32. The number of ether oxygens (including phenoxy) is 3. The first-order valence-corrected chi connectivity index (χ1v) is 8.67. The third kappa shape index (κ3) is 2.78. The van der Waals surface area contributed by atoms with Crippen molar-refractivity contribution in [2.75, 3.05) is 31.3 Å². The van der Waals surface area contributed by atoms with Crippen molar-refractivity contribution < 1.29 is 19.0 Å². The largest absolute Gasteiger partial charge is 0.490 e. The van der Waals surface area contributed by atoms with E-state index >= 15 is 0 Å². The van der Waals surface area contributed by atoms with Crippen molar-refractivity contribution in [3.63, 3.8) is 0 Å². The predicted octanol–water partition coefficient (Wildman–Crippen LogP) is 3.36. The predicted molar refractivity (Wildman–Crippen MR) is 93.9 cm³/mol. The summed E-state index contributed by atoms with van der Waals surface area (Å²) in [6.45, 7) is 1.71. The molecule has 2 aromatic rings. The number of benzene rings is 2. The molecule has 0 bridgehead atoms. The molecule has 1 spiro atoms. The minimum Gasteiger partial charge on any atom is -0.490 e. The topological polar surface area (TPSA) is 48.0 Å². The minimum atomic E-state index is -1.31. The lowest BCUT2D eigenvalue weighted by molar-refractivity contribution is -0.256. The molecule has 0 radical (unpaired) electrons. The van der Waals surface area contributed by atoms with Crippen molar-refractivity contribution in [1.82, 2.24) is 0 Å². The molecular weight excluding hydrogens is 342 g/mol. The Hall–Kier alpha value is -2.08. The highest BCUT2D eigenvalue weighted by Gasteiger charge is 2.54. The van der Waals surface area contributed by atoms with Crippen molar-refractivity contribution in [1.29, 1.82) is 0 Å². The number of halogens is 1. The van der Waals surface area contributed by atoms with Gasteiger partial charge in [-0.2, -0.15) is 0 Å². The van der Waals surface area contributed by atoms with E-state index in [0.29, 0.717) is 37.1 Å². The zero-order valence-corrected chi connectivity index (χ0v) is 14.4. The fraction of sp³-hybridized carbons (Fsp3) is 0.316. The summed E-state index contributed by atoms with van der Waals surface area (Å²) in [5.74, 6) is -0.903. The fourth-order valence-corrected chi connectivity index (χ4v) is 3.42. The van der Waals surface area contributed by atoms with E-state index in [1.807, 2.05) is 36.4 Å². The Balaban J connectivity index is 1.54. The van der Waals surface area contributed by atoms with Gasteiger partial charge in [0.15, 0.2) is 0 Å². The van der Waals surface area contributed by atoms with Crippen LogP contribution in [0.2, 0.25) is 5.02 Å². The zero-order chi connectivity index (χ0) is 17.3. The van der Waals surface area contributed by atoms with E-state index in [4.69, 9.17) is 25.8 Å². The molecule has 25 heavy (non-hydrogen) atoms. The summed E-state index contributed by atoms with van der Waals surface area (Å²) in [6, 6.07) is 14.8. The van der Waals surface area contributed by atoms with E-state index in [2.05, 4.69) is 0 Å². The average Bonchev–Trinajstić information content (AvgIpc) is 2.87. The summed E-state index contributed by atoms with van der Waals surface area (Å²) in [5.41, 5.74) is 1.56. The number of rotatable bonds is 4. The molecular formula is C19H18ClNO4. The van der Waals surface area contributed by atoms with Crippen LogP contribution >= 0.6 is 11.6 Å². The Kier molecular flexibility index (Phi) is 4.37. The lowest BCUT2D eigenvalue weighted by Crippen LogP contribution is -2.48. The summed E-state index contributed by atoms with van der Waals surface area (Å²) in [7, 11) is 0. The Morgan fingerprint density at radius 2 is 1.80 bits per heavy atom. The van der Waals surface area contributed by atoms with Crippen molar-refractivity contribution in [3.05, 3.63) is 59.1 Å². The molecule has 1 amide bonds. The second-order valence-electron chi connectivity index (χ2n) is 5.92. The molecule has 2 aliphatic heterocycles. The molecule has 1 fully saturated rings. The van der Waals surface area contributed by atoms with E-state index < -0.39 is 5.79 Å². The standard InChI is InChI=1S/C19H18ClNO4/c20-15-7-2-4-9-17(15)23-13-10-21-16-8-3-1-6-14(16)19(18(21)22)24-11-5-12-25-19/h1-4,6-9H,5,10-13H2.